The number of fused-ring (bicyclic) bond motifs is 1. The fraction of sp³-hybridized carbons (Fsp3) is 0.263. The van der Waals surface area contributed by atoms with Crippen molar-refractivity contribution in [2.45, 2.75) is 26.8 Å². The maximum Gasteiger partial charge on any atom is 0.241 e. The van der Waals surface area contributed by atoms with E-state index in [0.717, 1.165) is 27.8 Å². The van der Waals surface area contributed by atoms with Gasteiger partial charge in [0.05, 0.1) is 6.04 Å². The van der Waals surface area contributed by atoms with Crippen molar-refractivity contribution in [3.8, 4) is 11.1 Å². The Morgan fingerprint density at radius 3 is 2.54 bits per heavy atom. The first kappa shape index (κ1) is 16.2. The molecule has 0 aliphatic heterocycles. The van der Waals surface area contributed by atoms with Gasteiger partial charge in [-0.1, -0.05) is 32.9 Å². The fourth-order valence-electron chi connectivity index (χ4n) is 2.56. The first-order valence-electron chi connectivity index (χ1n) is 7.95. The van der Waals surface area contributed by atoms with Crippen molar-refractivity contribution in [3.63, 3.8) is 0 Å². The average Bonchev–Trinajstić information content (AvgIpc) is 3.02. The highest BCUT2D eigenvalue weighted by Crippen LogP contribution is 2.28. The summed E-state index contributed by atoms with van der Waals surface area (Å²) in [6.07, 6.45) is 3.66. The summed E-state index contributed by atoms with van der Waals surface area (Å²) in [5.41, 5.74) is 9.49. The normalized spacial score (nSPS) is 13.0. The van der Waals surface area contributed by atoms with Gasteiger partial charge in [-0.3, -0.25) is 4.79 Å². The molecule has 5 nitrogen and oxygen atoms in total. The third-order valence-electron chi connectivity index (χ3n) is 4.14. The average molecular weight is 322 g/mol. The first-order chi connectivity index (χ1) is 11.4. The molecule has 0 bridgehead atoms. The van der Waals surface area contributed by atoms with Crippen LogP contribution in [0.25, 0.3) is 22.2 Å². The summed E-state index contributed by atoms with van der Waals surface area (Å²) in [5, 5.41) is 3.95. The number of anilines is 1. The largest absolute Gasteiger partial charge is 0.346 e. The molecule has 2 aromatic heterocycles. The van der Waals surface area contributed by atoms with Crippen molar-refractivity contribution in [1.29, 1.82) is 0 Å². The highest BCUT2D eigenvalue weighted by molar-refractivity contribution is 5.96. The molecule has 0 fully saturated rings. The topological polar surface area (TPSA) is 83.8 Å². The monoisotopic (exact) mass is 322 g/mol. The number of nitrogens with one attached hydrogen (secondary N) is 2. The summed E-state index contributed by atoms with van der Waals surface area (Å²) in [6, 6.07) is 11.2. The van der Waals surface area contributed by atoms with Gasteiger partial charge >= 0.3 is 0 Å². The molecule has 3 aromatic rings. The van der Waals surface area contributed by atoms with Gasteiger partial charge in [-0.05, 0) is 40.8 Å². The number of carbonyl (C=O) groups excluding carboxylic acids is 1. The number of hydrogen-bond acceptors (Lipinski definition) is 3. The van der Waals surface area contributed by atoms with E-state index < -0.39 is 6.04 Å². The van der Waals surface area contributed by atoms with E-state index in [1.54, 1.807) is 6.20 Å². The molecule has 1 atom stereocenters. The Labute approximate surface area is 141 Å². The third-order valence-corrected chi connectivity index (χ3v) is 4.14. The summed E-state index contributed by atoms with van der Waals surface area (Å²) >= 11 is 0. The highest BCUT2D eigenvalue weighted by atomic mass is 16.2. The van der Waals surface area contributed by atoms with Crippen molar-refractivity contribution < 1.29 is 4.79 Å². The van der Waals surface area contributed by atoms with E-state index in [2.05, 4.69) is 15.3 Å². The van der Waals surface area contributed by atoms with Gasteiger partial charge in [0.15, 0.2) is 0 Å². The maximum atomic E-state index is 12.2. The van der Waals surface area contributed by atoms with E-state index in [4.69, 9.17) is 5.73 Å². The fourth-order valence-corrected chi connectivity index (χ4v) is 2.56. The molecule has 124 valence electrons. The van der Waals surface area contributed by atoms with Crippen molar-refractivity contribution in [2.24, 2.45) is 11.1 Å². The number of H-pyrrole nitrogens is 1. The number of amides is 1. The van der Waals surface area contributed by atoms with Crippen LogP contribution in [0.5, 0.6) is 0 Å². The van der Waals surface area contributed by atoms with Crippen LogP contribution in [0.15, 0.2) is 48.8 Å². The number of aromatic nitrogens is 2. The van der Waals surface area contributed by atoms with Crippen LogP contribution in [-0.2, 0) is 4.79 Å². The van der Waals surface area contributed by atoms with Gasteiger partial charge in [0.25, 0.3) is 0 Å². The molecule has 0 saturated heterocycles. The lowest BCUT2D eigenvalue weighted by Crippen LogP contribution is -2.45. The maximum absolute atomic E-state index is 12.2. The Balaban J connectivity index is 1.81. The highest BCUT2D eigenvalue weighted by Gasteiger charge is 2.27. The Morgan fingerprint density at radius 1 is 1.17 bits per heavy atom. The van der Waals surface area contributed by atoms with Crippen molar-refractivity contribution in [1.82, 2.24) is 9.97 Å². The molecule has 0 aliphatic carbocycles. The molecule has 5 heteroatoms. The van der Waals surface area contributed by atoms with Crippen molar-refractivity contribution >= 4 is 22.6 Å². The molecule has 0 spiro atoms. The molecule has 0 saturated carbocycles. The number of hydrogen-bond donors (Lipinski definition) is 3. The summed E-state index contributed by atoms with van der Waals surface area (Å²) in [5.74, 6) is -0.174. The van der Waals surface area contributed by atoms with Gasteiger partial charge in [-0.25, -0.2) is 4.98 Å². The minimum absolute atomic E-state index is 0.174. The molecule has 4 N–H and O–H groups in total. The van der Waals surface area contributed by atoms with Crippen LogP contribution in [0.2, 0.25) is 0 Å². The molecular weight excluding hydrogens is 300 g/mol. The van der Waals surface area contributed by atoms with Gasteiger partial charge in [0.1, 0.15) is 5.65 Å². The zero-order valence-electron chi connectivity index (χ0n) is 14.1. The van der Waals surface area contributed by atoms with Crippen LogP contribution in [0.1, 0.15) is 20.8 Å². The molecule has 3 rings (SSSR count). The second-order valence-electron chi connectivity index (χ2n) is 7.01. The van der Waals surface area contributed by atoms with E-state index in [1.165, 1.54) is 0 Å². The molecule has 1 aromatic carbocycles. The van der Waals surface area contributed by atoms with Crippen LogP contribution < -0.4 is 11.1 Å². The molecule has 2 heterocycles. The number of nitrogens with two attached hydrogens (primary N) is 1. The number of pyridine rings is 1. The minimum Gasteiger partial charge on any atom is -0.346 e. The van der Waals surface area contributed by atoms with Crippen LogP contribution in [0, 0.1) is 5.41 Å². The van der Waals surface area contributed by atoms with E-state index in [-0.39, 0.29) is 11.3 Å². The summed E-state index contributed by atoms with van der Waals surface area (Å²) in [6.45, 7) is 5.85. The number of aromatic amines is 1. The van der Waals surface area contributed by atoms with Gasteiger partial charge in [0, 0.05) is 23.5 Å². The summed E-state index contributed by atoms with van der Waals surface area (Å²) in [4.78, 5) is 19.6. The second-order valence-corrected chi connectivity index (χ2v) is 7.01. The van der Waals surface area contributed by atoms with Gasteiger partial charge in [0.2, 0.25) is 5.91 Å². The molecule has 0 aliphatic rings. The smallest absolute Gasteiger partial charge is 0.241 e. The van der Waals surface area contributed by atoms with E-state index >= 15 is 0 Å². The number of nitrogens with zero attached hydrogens (tertiary/aromatic N) is 1. The molecular formula is C19H22N4O. The Morgan fingerprint density at radius 2 is 1.88 bits per heavy atom. The standard InChI is InChI=1S/C19H22N4O/c1-19(2,3)16(20)18(24)23-13-6-4-12(5-7-13)14-8-10-21-17-15(14)9-11-22-17/h4-11,16H,20H2,1-3H3,(H,21,22)(H,23,24)/t16-/m1/s1. The van der Waals surface area contributed by atoms with E-state index in [9.17, 15) is 4.79 Å². The Kier molecular flexibility index (Phi) is 4.11. The SMILES string of the molecule is CC(C)(C)[C@H](N)C(=O)Nc1ccc(-c2ccnc3[nH]ccc23)cc1. The van der Waals surface area contributed by atoms with Crippen LogP contribution >= 0.6 is 0 Å². The number of carbonyl (C=O) groups is 1. The summed E-state index contributed by atoms with van der Waals surface area (Å²) < 4.78 is 0. The zero-order valence-corrected chi connectivity index (χ0v) is 14.1. The number of benzene rings is 1. The Bertz CT molecular complexity index is 859. The molecule has 0 unspecified atom stereocenters. The van der Waals surface area contributed by atoms with Crippen LogP contribution in [0.4, 0.5) is 5.69 Å². The Hall–Kier alpha value is -2.66. The van der Waals surface area contributed by atoms with Crippen LogP contribution in [0.3, 0.4) is 0 Å². The van der Waals surface area contributed by atoms with E-state index in [0.29, 0.717) is 0 Å². The predicted octanol–water partition coefficient (Wildman–Crippen LogP) is 3.54. The number of rotatable bonds is 3. The molecule has 0 radical (unpaired) electrons. The molecule has 24 heavy (non-hydrogen) atoms. The molecule has 1 amide bonds. The van der Waals surface area contributed by atoms with E-state index in [1.807, 2.05) is 63.4 Å². The lowest BCUT2D eigenvalue weighted by atomic mass is 9.87. The lowest BCUT2D eigenvalue weighted by Gasteiger charge is -2.25. The quantitative estimate of drug-likeness (QED) is 0.689. The minimum atomic E-state index is -0.558. The summed E-state index contributed by atoms with van der Waals surface area (Å²) in [7, 11) is 0. The first-order valence-corrected chi connectivity index (χ1v) is 7.95. The zero-order chi connectivity index (χ0) is 17.3. The van der Waals surface area contributed by atoms with Gasteiger partial charge in [-0.2, -0.15) is 0 Å². The van der Waals surface area contributed by atoms with Crippen molar-refractivity contribution in [3.05, 3.63) is 48.8 Å². The van der Waals surface area contributed by atoms with Crippen LogP contribution in [-0.4, -0.2) is 21.9 Å². The van der Waals surface area contributed by atoms with Gasteiger partial charge in [-0.15, -0.1) is 0 Å². The predicted molar refractivity (Wildman–Crippen MR) is 97.6 cm³/mol. The lowest BCUT2D eigenvalue weighted by molar-refractivity contribution is -0.119. The van der Waals surface area contributed by atoms with Crippen molar-refractivity contribution in [2.75, 3.05) is 5.32 Å². The second kappa shape index (κ2) is 6.09. The third kappa shape index (κ3) is 3.16. The van der Waals surface area contributed by atoms with Gasteiger partial charge < -0.3 is 16.0 Å².